The number of rotatable bonds is 3. The number of carbonyl (C=O) groups excluding carboxylic acids is 2. The molecule has 0 amide bonds. The minimum absolute atomic E-state index is 0.0517. The van der Waals surface area contributed by atoms with Crippen molar-refractivity contribution in [2.24, 2.45) is 0 Å². The molecule has 0 aliphatic rings. The first-order chi connectivity index (χ1) is 11.9. The van der Waals surface area contributed by atoms with E-state index < -0.39 is 10.9 Å². The van der Waals surface area contributed by atoms with Crippen LogP contribution in [-0.2, 0) is 4.74 Å². The van der Waals surface area contributed by atoms with E-state index in [1.165, 1.54) is 36.1 Å². The molecule has 25 heavy (non-hydrogen) atoms. The van der Waals surface area contributed by atoms with Crippen LogP contribution in [0.15, 0.2) is 48.7 Å². The lowest BCUT2D eigenvalue weighted by Gasteiger charge is -2.05. The van der Waals surface area contributed by atoms with E-state index >= 15 is 0 Å². The summed E-state index contributed by atoms with van der Waals surface area (Å²) >= 11 is 0. The van der Waals surface area contributed by atoms with Crippen LogP contribution >= 0.6 is 0 Å². The van der Waals surface area contributed by atoms with Gasteiger partial charge in [0.05, 0.1) is 23.1 Å². The summed E-state index contributed by atoms with van der Waals surface area (Å²) in [5, 5.41) is 11.5. The molecule has 0 fully saturated rings. The van der Waals surface area contributed by atoms with E-state index in [0.29, 0.717) is 22.0 Å². The molecule has 0 aliphatic heterocycles. The number of benzene rings is 2. The first kappa shape index (κ1) is 16.4. The van der Waals surface area contributed by atoms with Crippen molar-refractivity contribution in [3.63, 3.8) is 0 Å². The van der Waals surface area contributed by atoms with E-state index in [1.54, 1.807) is 31.2 Å². The van der Waals surface area contributed by atoms with Crippen LogP contribution in [0.5, 0.6) is 0 Å². The Bertz CT molecular complexity index is 1020. The first-order valence-corrected chi connectivity index (χ1v) is 7.42. The van der Waals surface area contributed by atoms with E-state index in [2.05, 4.69) is 0 Å². The topological polar surface area (TPSA) is 91.4 Å². The monoisotopic (exact) mass is 338 g/mol. The van der Waals surface area contributed by atoms with Crippen LogP contribution in [0.25, 0.3) is 10.9 Å². The zero-order valence-electron chi connectivity index (χ0n) is 13.6. The molecular weight excluding hydrogens is 324 g/mol. The third-order valence-electron chi connectivity index (χ3n) is 3.98. The Morgan fingerprint density at radius 1 is 1.16 bits per heavy atom. The smallest absolute Gasteiger partial charge is 0.340 e. The van der Waals surface area contributed by atoms with Crippen LogP contribution in [0.1, 0.15) is 26.3 Å². The maximum atomic E-state index is 12.9. The number of ether oxygens (including phenoxy) is 1. The summed E-state index contributed by atoms with van der Waals surface area (Å²) < 4.78 is 6.12. The molecule has 0 unspecified atom stereocenters. The number of aromatic nitrogens is 1. The molecule has 0 spiro atoms. The number of nitrogens with zero attached hydrogens (tertiary/aromatic N) is 2. The lowest BCUT2D eigenvalue weighted by atomic mass is 10.1. The molecule has 1 heterocycles. The van der Waals surface area contributed by atoms with Crippen LogP contribution in [0.4, 0.5) is 5.69 Å². The van der Waals surface area contributed by atoms with Crippen molar-refractivity contribution in [1.82, 2.24) is 4.57 Å². The van der Waals surface area contributed by atoms with Gasteiger partial charge in [-0.15, -0.1) is 0 Å². The number of fused-ring (bicyclic) bond motifs is 1. The summed E-state index contributed by atoms with van der Waals surface area (Å²) in [6.07, 6.45) is 1.43. The van der Waals surface area contributed by atoms with Crippen LogP contribution < -0.4 is 0 Å². The number of carbonyl (C=O) groups is 2. The molecule has 1 aromatic heterocycles. The van der Waals surface area contributed by atoms with Crippen LogP contribution in [0.2, 0.25) is 0 Å². The summed E-state index contributed by atoms with van der Waals surface area (Å²) in [7, 11) is 1.27. The maximum Gasteiger partial charge on any atom is 0.340 e. The highest BCUT2D eigenvalue weighted by molar-refractivity contribution is 6.10. The van der Waals surface area contributed by atoms with Gasteiger partial charge in [-0.1, -0.05) is 18.2 Å². The van der Waals surface area contributed by atoms with Gasteiger partial charge in [0.1, 0.15) is 0 Å². The third-order valence-corrected chi connectivity index (χ3v) is 3.98. The third kappa shape index (κ3) is 2.76. The van der Waals surface area contributed by atoms with E-state index in [4.69, 9.17) is 4.74 Å². The van der Waals surface area contributed by atoms with E-state index in [-0.39, 0.29) is 17.2 Å². The molecule has 0 N–H and O–H groups in total. The predicted octanol–water partition coefficient (Wildman–Crippen LogP) is 3.33. The summed E-state index contributed by atoms with van der Waals surface area (Å²) in [6, 6.07) is 11.1. The quantitative estimate of drug-likeness (QED) is 0.415. The average Bonchev–Trinajstić information content (AvgIpc) is 2.99. The summed E-state index contributed by atoms with van der Waals surface area (Å²) in [6.45, 7) is 1.57. The van der Waals surface area contributed by atoms with Gasteiger partial charge in [-0.3, -0.25) is 19.5 Å². The van der Waals surface area contributed by atoms with Crippen molar-refractivity contribution in [2.75, 3.05) is 7.11 Å². The molecule has 7 nitrogen and oxygen atoms in total. The highest BCUT2D eigenvalue weighted by Gasteiger charge is 2.20. The normalized spacial score (nSPS) is 10.6. The highest BCUT2D eigenvalue weighted by atomic mass is 16.6. The predicted molar refractivity (Wildman–Crippen MR) is 90.8 cm³/mol. The number of aryl methyl sites for hydroxylation is 1. The second-order valence-corrected chi connectivity index (χ2v) is 5.49. The molecule has 3 rings (SSSR count). The lowest BCUT2D eigenvalue weighted by molar-refractivity contribution is -0.385. The minimum atomic E-state index is -0.539. The van der Waals surface area contributed by atoms with Crippen molar-refractivity contribution in [2.45, 2.75) is 6.92 Å². The second kappa shape index (κ2) is 6.20. The Balaban J connectivity index is 2.13. The number of methoxy groups -OCH3 is 1. The van der Waals surface area contributed by atoms with Gasteiger partial charge < -0.3 is 4.74 Å². The van der Waals surface area contributed by atoms with E-state index in [0.717, 1.165) is 0 Å². The van der Waals surface area contributed by atoms with Crippen molar-refractivity contribution in [3.05, 3.63) is 75.5 Å². The Morgan fingerprint density at radius 2 is 1.88 bits per heavy atom. The molecule has 0 saturated carbocycles. The Labute approximate surface area is 142 Å². The van der Waals surface area contributed by atoms with Crippen molar-refractivity contribution < 1.29 is 19.2 Å². The molecule has 0 radical (unpaired) electrons. The van der Waals surface area contributed by atoms with Crippen molar-refractivity contribution in [1.29, 1.82) is 0 Å². The Hall–Kier alpha value is -3.48. The SMILES string of the molecule is COC(=O)c1cn(C(=O)c2ccc([N+](=O)[O-])c(C)c2)c2ccccc12. The zero-order valence-corrected chi connectivity index (χ0v) is 13.6. The van der Waals surface area contributed by atoms with E-state index in [1.807, 2.05) is 0 Å². The molecule has 0 saturated heterocycles. The van der Waals surface area contributed by atoms with Crippen molar-refractivity contribution >= 4 is 28.5 Å². The van der Waals surface area contributed by atoms with E-state index in [9.17, 15) is 19.7 Å². The fourth-order valence-electron chi connectivity index (χ4n) is 2.75. The van der Waals surface area contributed by atoms with Crippen LogP contribution in [0.3, 0.4) is 0 Å². The number of nitro benzene ring substituents is 1. The maximum absolute atomic E-state index is 12.9. The summed E-state index contributed by atoms with van der Waals surface area (Å²) in [4.78, 5) is 35.2. The fraction of sp³-hybridized carbons (Fsp3) is 0.111. The van der Waals surface area contributed by atoms with Gasteiger partial charge in [-0.25, -0.2) is 4.79 Å². The fourth-order valence-corrected chi connectivity index (χ4v) is 2.75. The largest absolute Gasteiger partial charge is 0.465 e. The average molecular weight is 338 g/mol. The Morgan fingerprint density at radius 3 is 2.52 bits per heavy atom. The number of esters is 1. The summed E-state index contributed by atoms with van der Waals surface area (Å²) in [5.74, 6) is -0.924. The highest BCUT2D eigenvalue weighted by Crippen LogP contribution is 2.25. The molecule has 7 heteroatoms. The number of hydrogen-bond donors (Lipinski definition) is 0. The minimum Gasteiger partial charge on any atom is -0.465 e. The zero-order chi connectivity index (χ0) is 18.1. The van der Waals surface area contributed by atoms with Crippen LogP contribution in [0, 0.1) is 17.0 Å². The van der Waals surface area contributed by atoms with Gasteiger partial charge in [-0.05, 0) is 25.1 Å². The van der Waals surface area contributed by atoms with Gasteiger partial charge in [0.2, 0.25) is 0 Å². The summed E-state index contributed by atoms with van der Waals surface area (Å²) in [5.41, 5.74) is 1.47. The molecule has 0 aliphatic carbocycles. The first-order valence-electron chi connectivity index (χ1n) is 7.42. The molecule has 0 bridgehead atoms. The lowest BCUT2D eigenvalue weighted by Crippen LogP contribution is -2.11. The van der Waals surface area contributed by atoms with Gasteiger partial charge in [0.25, 0.3) is 11.6 Å². The van der Waals surface area contributed by atoms with Gasteiger partial charge in [0, 0.05) is 28.8 Å². The molecular formula is C18H14N2O5. The standard InChI is InChI=1S/C18H14N2O5/c1-11-9-12(7-8-15(11)20(23)24)17(21)19-10-14(18(22)25-2)13-5-3-4-6-16(13)19/h3-10H,1-2H3. The van der Waals surface area contributed by atoms with Crippen LogP contribution in [-0.4, -0.2) is 28.5 Å². The van der Waals surface area contributed by atoms with Gasteiger partial charge in [0.15, 0.2) is 0 Å². The molecule has 0 atom stereocenters. The Kier molecular flexibility index (Phi) is 4.06. The van der Waals surface area contributed by atoms with Gasteiger partial charge >= 0.3 is 5.97 Å². The molecule has 3 aromatic rings. The van der Waals surface area contributed by atoms with Gasteiger partial charge in [-0.2, -0.15) is 0 Å². The second-order valence-electron chi connectivity index (χ2n) is 5.49. The molecule has 126 valence electrons. The number of nitro groups is 1. The number of hydrogen-bond acceptors (Lipinski definition) is 5. The number of para-hydroxylation sites is 1. The molecule has 2 aromatic carbocycles. The van der Waals surface area contributed by atoms with Crippen molar-refractivity contribution in [3.8, 4) is 0 Å².